The van der Waals surface area contributed by atoms with Crippen LogP contribution in [0.25, 0.3) is 11.1 Å². The maximum absolute atomic E-state index is 12.8. The van der Waals surface area contributed by atoms with Crippen molar-refractivity contribution in [2.45, 2.75) is 44.2 Å². The second-order valence-corrected chi connectivity index (χ2v) is 7.85. The van der Waals surface area contributed by atoms with E-state index in [1.807, 2.05) is 36.4 Å². The van der Waals surface area contributed by atoms with E-state index in [9.17, 15) is 14.4 Å². The highest BCUT2D eigenvalue weighted by Crippen LogP contribution is 2.44. The largest absolute Gasteiger partial charge is 0.481 e. The van der Waals surface area contributed by atoms with Gasteiger partial charge in [-0.2, -0.15) is 0 Å². The Morgan fingerprint density at radius 1 is 1.06 bits per heavy atom. The first-order valence-corrected chi connectivity index (χ1v) is 10.3. The van der Waals surface area contributed by atoms with Gasteiger partial charge in [0.05, 0.1) is 19.4 Å². The van der Waals surface area contributed by atoms with Crippen LogP contribution >= 0.6 is 0 Å². The summed E-state index contributed by atoms with van der Waals surface area (Å²) in [5, 5.41) is 8.69. The molecule has 7 heteroatoms. The first kappa shape index (κ1) is 19.6. The summed E-state index contributed by atoms with van der Waals surface area (Å²) in [6, 6.07) is 15.7. The molecule has 0 radical (unpaired) electrons. The Balaban J connectivity index is 1.39. The Morgan fingerprint density at radius 2 is 1.71 bits per heavy atom. The average Bonchev–Trinajstić information content (AvgIpc) is 3.35. The molecule has 2 aromatic rings. The number of amides is 1. The van der Waals surface area contributed by atoms with Gasteiger partial charge in [0.2, 0.25) is 0 Å². The summed E-state index contributed by atoms with van der Waals surface area (Å²) in [5.41, 5.74) is 4.51. The van der Waals surface area contributed by atoms with Crippen molar-refractivity contribution in [2.75, 3.05) is 13.2 Å². The van der Waals surface area contributed by atoms with Gasteiger partial charge in [0.15, 0.2) is 0 Å². The number of carbonyl (C=O) groups is 3. The number of esters is 1. The highest BCUT2D eigenvalue weighted by molar-refractivity contribution is 5.79. The summed E-state index contributed by atoms with van der Waals surface area (Å²) in [6.45, 7) is 0.281. The van der Waals surface area contributed by atoms with Gasteiger partial charge in [-0.1, -0.05) is 48.5 Å². The maximum atomic E-state index is 12.8. The molecule has 1 aliphatic heterocycles. The van der Waals surface area contributed by atoms with Crippen LogP contribution in [0.4, 0.5) is 4.79 Å². The van der Waals surface area contributed by atoms with E-state index in [1.54, 1.807) is 0 Å². The van der Waals surface area contributed by atoms with Crippen LogP contribution in [-0.2, 0) is 19.1 Å². The van der Waals surface area contributed by atoms with Gasteiger partial charge in [0, 0.05) is 19.8 Å². The molecule has 7 nitrogen and oxygen atoms in total. The fourth-order valence-electron chi connectivity index (χ4n) is 4.31. The molecule has 1 amide bonds. The minimum absolute atomic E-state index is 0.0344. The third-order valence-electron chi connectivity index (χ3n) is 5.79. The summed E-state index contributed by atoms with van der Waals surface area (Å²) in [7, 11) is 0. The molecule has 0 unspecified atom stereocenters. The van der Waals surface area contributed by atoms with Crippen molar-refractivity contribution < 1.29 is 30.3 Å². The predicted molar refractivity (Wildman–Crippen MR) is 113 cm³/mol. The van der Waals surface area contributed by atoms with Gasteiger partial charge < -0.3 is 19.5 Å². The lowest BCUT2D eigenvalue weighted by Gasteiger charge is -2.22. The molecule has 4 rings (SSSR count). The molecule has 1 fully saturated rings. The van der Waals surface area contributed by atoms with E-state index in [2.05, 4.69) is 12.1 Å². The van der Waals surface area contributed by atoms with E-state index in [1.165, 1.54) is 4.90 Å². The highest BCUT2D eigenvalue weighted by atomic mass is 16.6. The van der Waals surface area contributed by atoms with E-state index in [0.29, 0.717) is 6.42 Å². The first-order chi connectivity index (χ1) is 15.5. The van der Waals surface area contributed by atoms with E-state index in [0.717, 1.165) is 22.3 Å². The molecule has 0 spiro atoms. The number of carbonyl (C=O) groups excluding carboxylic acids is 2. The zero-order valence-electron chi connectivity index (χ0n) is 18.0. The van der Waals surface area contributed by atoms with E-state index in [4.69, 9.17) is 16.0 Å². The summed E-state index contributed by atoms with van der Waals surface area (Å²) in [4.78, 5) is 36.7. The number of carboxylic acids is 1. The molecule has 31 heavy (non-hydrogen) atoms. The second kappa shape index (κ2) is 8.79. The number of aliphatic carboxylic acids is 1. The first-order valence-electron chi connectivity index (χ1n) is 11.0. The molecule has 1 aliphatic carbocycles. The minimum Gasteiger partial charge on any atom is -0.481 e. The van der Waals surface area contributed by atoms with Crippen LogP contribution in [0.1, 0.15) is 44.6 Å². The molecule has 162 valence electrons. The Hall–Kier alpha value is -3.35. The van der Waals surface area contributed by atoms with Gasteiger partial charge in [-0.25, -0.2) is 4.79 Å². The number of hydrogen-bond donors (Lipinski definition) is 1. The topological polar surface area (TPSA) is 93.1 Å². The number of ether oxygens (including phenoxy) is 2. The SMILES string of the molecule is [2H]C[C@@H]1C[C@@H](OC(=O)CCC(=O)O)CN1C(=O)OCC1c2ccccc2-c2ccccc21. The van der Waals surface area contributed by atoms with Gasteiger partial charge in [-0.05, 0) is 29.2 Å². The van der Waals surface area contributed by atoms with Gasteiger partial charge in [0.1, 0.15) is 12.7 Å². The molecule has 2 aromatic carbocycles. The number of rotatable bonds is 6. The van der Waals surface area contributed by atoms with E-state index in [-0.39, 0.29) is 38.8 Å². The fourth-order valence-corrected chi connectivity index (χ4v) is 4.31. The van der Waals surface area contributed by atoms with Crippen LogP contribution in [-0.4, -0.2) is 53.3 Å². The van der Waals surface area contributed by atoms with Crippen molar-refractivity contribution in [1.82, 2.24) is 4.90 Å². The molecule has 0 saturated carbocycles. The van der Waals surface area contributed by atoms with Crippen molar-refractivity contribution in [3.63, 3.8) is 0 Å². The third kappa shape index (κ3) is 4.40. The summed E-state index contributed by atoms with van der Waals surface area (Å²) in [6.07, 6.45) is -1.28. The zero-order chi connectivity index (χ0) is 22.7. The maximum Gasteiger partial charge on any atom is 0.410 e. The van der Waals surface area contributed by atoms with Crippen molar-refractivity contribution in [3.05, 3.63) is 59.7 Å². The van der Waals surface area contributed by atoms with Gasteiger partial charge in [0.25, 0.3) is 0 Å². The molecule has 1 N–H and O–H groups in total. The molecule has 0 aromatic heterocycles. The molecular formula is C24H25NO6. The standard InChI is InChI=1S/C24H25NO6/c1-15-12-16(31-23(28)11-10-22(26)27)13-25(15)24(29)30-14-21-19-8-4-2-6-17(19)18-7-3-5-9-20(18)21/h2-9,15-16,21H,10-14H2,1H3,(H,26,27)/t15-,16-/m1/s1/i1D. The number of fused-ring (bicyclic) bond motifs is 3. The highest BCUT2D eigenvalue weighted by Gasteiger charge is 2.36. The van der Waals surface area contributed by atoms with Crippen LogP contribution in [0.5, 0.6) is 0 Å². The van der Waals surface area contributed by atoms with Crippen LogP contribution in [0.2, 0.25) is 0 Å². The zero-order valence-corrected chi connectivity index (χ0v) is 17.0. The quantitative estimate of drug-likeness (QED) is 0.709. The minimum atomic E-state index is -1.07. The second-order valence-electron chi connectivity index (χ2n) is 7.85. The smallest absolute Gasteiger partial charge is 0.410 e. The number of carboxylic acid groups (broad SMARTS) is 1. The molecular weight excluding hydrogens is 398 g/mol. The Bertz CT molecular complexity index is 980. The van der Waals surface area contributed by atoms with Crippen LogP contribution < -0.4 is 0 Å². The van der Waals surface area contributed by atoms with Crippen molar-refractivity contribution in [3.8, 4) is 11.1 Å². The van der Waals surface area contributed by atoms with Gasteiger partial charge in [-0.15, -0.1) is 0 Å². The molecule has 1 heterocycles. The van der Waals surface area contributed by atoms with Gasteiger partial charge in [-0.3, -0.25) is 9.59 Å². The lowest BCUT2D eigenvalue weighted by Crippen LogP contribution is -2.36. The number of benzene rings is 2. The lowest BCUT2D eigenvalue weighted by molar-refractivity contribution is -0.151. The fraction of sp³-hybridized carbons (Fsp3) is 0.375. The summed E-state index contributed by atoms with van der Waals surface area (Å²) < 4.78 is 18.7. The van der Waals surface area contributed by atoms with Crippen molar-refractivity contribution in [1.29, 1.82) is 0 Å². The average molecular weight is 424 g/mol. The Kier molecular flexibility index (Phi) is 5.56. The van der Waals surface area contributed by atoms with Crippen molar-refractivity contribution >= 4 is 18.0 Å². The summed E-state index contributed by atoms with van der Waals surface area (Å²) in [5.74, 6) is -1.75. The van der Waals surface area contributed by atoms with Gasteiger partial charge >= 0.3 is 18.0 Å². The Morgan fingerprint density at radius 3 is 2.32 bits per heavy atom. The Labute approximate surface area is 182 Å². The number of hydrogen-bond acceptors (Lipinski definition) is 5. The third-order valence-corrected chi connectivity index (χ3v) is 5.79. The van der Waals surface area contributed by atoms with E-state index < -0.39 is 30.2 Å². The van der Waals surface area contributed by atoms with Crippen LogP contribution in [0, 0.1) is 0 Å². The van der Waals surface area contributed by atoms with Crippen LogP contribution in [0.15, 0.2) is 48.5 Å². The monoisotopic (exact) mass is 424 g/mol. The molecule has 2 aliphatic rings. The van der Waals surface area contributed by atoms with E-state index >= 15 is 0 Å². The number of nitrogens with zero attached hydrogens (tertiary/aromatic N) is 1. The molecule has 1 saturated heterocycles. The predicted octanol–water partition coefficient (Wildman–Crippen LogP) is 3.81. The normalized spacial score (nSPS) is 20.0. The molecule has 0 bridgehead atoms. The summed E-state index contributed by atoms with van der Waals surface area (Å²) >= 11 is 0. The van der Waals surface area contributed by atoms with Crippen LogP contribution in [0.3, 0.4) is 0 Å². The lowest BCUT2D eigenvalue weighted by atomic mass is 9.98. The number of likely N-dealkylation sites (tertiary alicyclic amines) is 1. The molecule has 2 atom stereocenters. The van der Waals surface area contributed by atoms with Crippen molar-refractivity contribution in [2.24, 2.45) is 0 Å².